The standard InChI is InChI=1S/C15H22ClIN2O2/c1-5-21-15(6-8-20-9-7-15)13-18-11(14(2,3)4)10(17)12(16)19-13/h5-9H2,1-4H3. The van der Waals surface area contributed by atoms with Crippen molar-refractivity contribution in [3.63, 3.8) is 0 Å². The van der Waals surface area contributed by atoms with E-state index in [1.165, 1.54) is 0 Å². The third kappa shape index (κ3) is 3.68. The molecular weight excluding hydrogens is 403 g/mol. The van der Waals surface area contributed by atoms with Crippen molar-refractivity contribution in [2.75, 3.05) is 19.8 Å². The number of rotatable bonds is 3. The van der Waals surface area contributed by atoms with Crippen LogP contribution in [0.1, 0.15) is 52.1 Å². The van der Waals surface area contributed by atoms with Gasteiger partial charge in [0.15, 0.2) is 5.82 Å². The highest BCUT2D eigenvalue weighted by Crippen LogP contribution is 2.37. The minimum Gasteiger partial charge on any atom is -0.381 e. The van der Waals surface area contributed by atoms with Gasteiger partial charge in [0, 0.05) is 38.1 Å². The molecule has 0 amide bonds. The van der Waals surface area contributed by atoms with Crippen molar-refractivity contribution in [3.8, 4) is 0 Å². The van der Waals surface area contributed by atoms with Crippen LogP contribution in [0, 0.1) is 3.57 Å². The molecule has 0 aliphatic carbocycles. The van der Waals surface area contributed by atoms with Crippen molar-refractivity contribution >= 4 is 34.2 Å². The van der Waals surface area contributed by atoms with Crippen molar-refractivity contribution in [3.05, 3.63) is 20.2 Å². The highest BCUT2D eigenvalue weighted by molar-refractivity contribution is 14.1. The first-order chi connectivity index (χ1) is 9.80. The van der Waals surface area contributed by atoms with Gasteiger partial charge in [-0.05, 0) is 29.5 Å². The van der Waals surface area contributed by atoms with Gasteiger partial charge in [-0.2, -0.15) is 0 Å². The molecule has 0 radical (unpaired) electrons. The Hall–Kier alpha value is 0.0200. The highest BCUT2D eigenvalue weighted by atomic mass is 127. The summed E-state index contributed by atoms with van der Waals surface area (Å²) < 4.78 is 12.4. The number of nitrogens with zero attached hydrogens (tertiary/aromatic N) is 2. The number of ether oxygens (including phenoxy) is 2. The van der Waals surface area contributed by atoms with Gasteiger partial charge in [0.05, 0.1) is 9.26 Å². The Morgan fingerprint density at radius 3 is 2.43 bits per heavy atom. The van der Waals surface area contributed by atoms with Crippen molar-refractivity contribution in [1.82, 2.24) is 9.97 Å². The van der Waals surface area contributed by atoms with Crippen LogP contribution in [0.25, 0.3) is 0 Å². The summed E-state index contributed by atoms with van der Waals surface area (Å²) in [5, 5.41) is 0.510. The fourth-order valence-electron chi connectivity index (χ4n) is 2.53. The molecule has 4 nitrogen and oxygen atoms in total. The molecule has 0 atom stereocenters. The maximum atomic E-state index is 6.36. The lowest BCUT2D eigenvalue weighted by Gasteiger charge is -2.36. The van der Waals surface area contributed by atoms with Gasteiger partial charge in [0.2, 0.25) is 0 Å². The molecule has 0 unspecified atom stereocenters. The zero-order chi connectivity index (χ0) is 15.7. The molecule has 1 fully saturated rings. The van der Waals surface area contributed by atoms with E-state index in [0.717, 1.165) is 22.1 Å². The Morgan fingerprint density at radius 1 is 1.29 bits per heavy atom. The normalized spacial score (nSPS) is 18.8. The molecule has 2 rings (SSSR count). The number of halogens is 2. The summed E-state index contributed by atoms with van der Waals surface area (Å²) in [5.41, 5.74) is 0.417. The molecule has 0 spiro atoms. The van der Waals surface area contributed by atoms with Crippen LogP contribution in [-0.4, -0.2) is 29.8 Å². The molecule has 118 valence electrons. The minimum atomic E-state index is -0.471. The third-order valence-corrected chi connectivity index (χ3v) is 5.26. The van der Waals surface area contributed by atoms with Gasteiger partial charge in [0.1, 0.15) is 10.8 Å². The summed E-state index contributed by atoms with van der Waals surface area (Å²) in [6, 6.07) is 0. The fourth-order valence-corrected chi connectivity index (χ4v) is 3.75. The molecule has 0 aromatic carbocycles. The van der Waals surface area contributed by atoms with Crippen molar-refractivity contribution in [1.29, 1.82) is 0 Å². The molecule has 1 aliphatic heterocycles. The molecule has 1 aromatic heterocycles. The zero-order valence-electron chi connectivity index (χ0n) is 13.0. The molecule has 1 aliphatic rings. The molecule has 2 heterocycles. The van der Waals surface area contributed by atoms with E-state index in [0.29, 0.717) is 30.8 Å². The van der Waals surface area contributed by atoms with Gasteiger partial charge in [-0.3, -0.25) is 0 Å². The SMILES string of the molecule is CCOC1(c2nc(Cl)c(I)c(C(C)(C)C)n2)CCOCC1. The van der Waals surface area contributed by atoms with Crippen molar-refractivity contribution in [2.45, 2.75) is 51.6 Å². The van der Waals surface area contributed by atoms with Crippen LogP contribution in [0.5, 0.6) is 0 Å². The largest absolute Gasteiger partial charge is 0.381 e. The summed E-state index contributed by atoms with van der Waals surface area (Å²) in [7, 11) is 0. The summed E-state index contributed by atoms with van der Waals surface area (Å²) in [6.07, 6.45) is 1.53. The Labute approximate surface area is 145 Å². The molecule has 1 aromatic rings. The van der Waals surface area contributed by atoms with Crippen molar-refractivity contribution < 1.29 is 9.47 Å². The van der Waals surface area contributed by atoms with Gasteiger partial charge in [-0.1, -0.05) is 32.4 Å². The summed E-state index contributed by atoms with van der Waals surface area (Å²) in [4.78, 5) is 9.36. The predicted octanol–water partition coefficient (Wildman–Crippen LogP) is 4.07. The van der Waals surface area contributed by atoms with E-state index in [1.807, 2.05) is 6.92 Å². The van der Waals surface area contributed by atoms with Gasteiger partial charge in [-0.25, -0.2) is 9.97 Å². The van der Waals surface area contributed by atoms with Crippen LogP contribution >= 0.6 is 34.2 Å². The summed E-state index contributed by atoms with van der Waals surface area (Å²) in [5.74, 6) is 0.697. The lowest BCUT2D eigenvalue weighted by atomic mass is 9.89. The van der Waals surface area contributed by atoms with Gasteiger partial charge in [-0.15, -0.1) is 0 Å². The highest BCUT2D eigenvalue weighted by Gasteiger charge is 2.39. The number of hydrogen-bond acceptors (Lipinski definition) is 4. The maximum absolute atomic E-state index is 6.36. The number of aromatic nitrogens is 2. The Balaban J connectivity index is 2.53. The van der Waals surface area contributed by atoms with E-state index in [4.69, 9.17) is 26.1 Å². The number of hydrogen-bond donors (Lipinski definition) is 0. The maximum Gasteiger partial charge on any atom is 0.162 e. The zero-order valence-corrected chi connectivity index (χ0v) is 15.9. The lowest BCUT2D eigenvalue weighted by Crippen LogP contribution is -2.39. The second-order valence-electron chi connectivity index (χ2n) is 6.29. The smallest absolute Gasteiger partial charge is 0.162 e. The van der Waals surface area contributed by atoms with Crippen LogP contribution in [0.2, 0.25) is 5.15 Å². The third-order valence-electron chi connectivity index (χ3n) is 3.65. The van der Waals surface area contributed by atoms with Crippen LogP contribution in [0.3, 0.4) is 0 Å². The molecule has 0 bridgehead atoms. The second kappa shape index (κ2) is 6.64. The molecule has 0 N–H and O–H groups in total. The van der Waals surface area contributed by atoms with E-state index in [9.17, 15) is 0 Å². The first-order valence-electron chi connectivity index (χ1n) is 7.26. The Bertz CT molecular complexity index is 506. The lowest BCUT2D eigenvalue weighted by molar-refractivity contribution is -0.118. The molecule has 0 saturated carbocycles. The van der Waals surface area contributed by atoms with Crippen LogP contribution in [-0.2, 0) is 20.5 Å². The molecular formula is C15H22ClIN2O2. The quantitative estimate of drug-likeness (QED) is 0.542. The fraction of sp³-hybridized carbons (Fsp3) is 0.733. The second-order valence-corrected chi connectivity index (χ2v) is 7.73. The van der Waals surface area contributed by atoms with Crippen LogP contribution in [0.4, 0.5) is 0 Å². The topological polar surface area (TPSA) is 44.2 Å². The van der Waals surface area contributed by atoms with E-state index in [1.54, 1.807) is 0 Å². The average Bonchev–Trinajstić information content (AvgIpc) is 2.41. The average molecular weight is 425 g/mol. The van der Waals surface area contributed by atoms with Gasteiger partial charge < -0.3 is 9.47 Å². The summed E-state index contributed by atoms with van der Waals surface area (Å²) >= 11 is 8.58. The minimum absolute atomic E-state index is 0.0869. The van der Waals surface area contributed by atoms with Crippen molar-refractivity contribution in [2.24, 2.45) is 0 Å². The van der Waals surface area contributed by atoms with E-state index < -0.39 is 5.60 Å². The molecule has 21 heavy (non-hydrogen) atoms. The first-order valence-corrected chi connectivity index (χ1v) is 8.71. The first kappa shape index (κ1) is 17.4. The summed E-state index contributed by atoms with van der Waals surface area (Å²) in [6.45, 7) is 10.3. The predicted molar refractivity (Wildman–Crippen MR) is 91.8 cm³/mol. The molecule has 6 heteroatoms. The van der Waals surface area contributed by atoms with Gasteiger partial charge >= 0.3 is 0 Å². The molecule has 1 saturated heterocycles. The van der Waals surface area contributed by atoms with Crippen LogP contribution in [0.15, 0.2) is 0 Å². The van der Waals surface area contributed by atoms with E-state index >= 15 is 0 Å². The Kier molecular flexibility index (Phi) is 5.50. The van der Waals surface area contributed by atoms with Gasteiger partial charge in [0.25, 0.3) is 0 Å². The Morgan fingerprint density at radius 2 is 1.90 bits per heavy atom. The monoisotopic (exact) mass is 424 g/mol. The van der Waals surface area contributed by atoms with E-state index in [2.05, 4.69) is 48.3 Å². The van der Waals surface area contributed by atoms with Crippen LogP contribution < -0.4 is 0 Å². The van der Waals surface area contributed by atoms with E-state index in [-0.39, 0.29) is 5.41 Å².